The summed E-state index contributed by atoms with van der Waals surface area (Å²) in [5, 5.41) is 40.9. The summed E-state index contributed by atoms with van der Waals surface area (Å²) >= 11 is 10.0. The van der Waals surface area contributed by atoms with Crippen LogP contribution in [-0.2, 0) is 30.1 Å². The summed E-state index contributed by atoms with van der Waals surface area (Å²) in [7, 11) is -3.13. The summed E-state index contributed by atoms with van der Waals surface area (Å²) in [4.78, 5) is 11.3. The molecule has 7 N–H and O–H groups in total. The van der Waals surface area contributed by atoms with Crippen molar-refractivity contribution in [2.24, 2.45) is 0 Å². The number of para-hydroxylation sites is 2. The van der Waals surface area contributed by atoms with Gasteiger partial charge in [0, 0.05) is 98.5 Å². The number of hydrogen-bond donors (Lipinski definition) is 5. The van der Waals surface area contributed by atoms with Gasteiger partial charge in [-0.3, -0.25) is 0 Å². The van der Waals surface area contributed by atoms with Gasteiger partial charge in [-0.2, -0.15) is 0 Å². The molecule has 2 radical (unpaired) electrons. The quantitative estimate of drug-likeness (QED) is 0.0172. The van der Waals surface area contributed by atoms with Gasteiger partial charge in [-0.15, -0.1) is 0 Å². The molecular weight excluding hydrogens is 1810 g/mol. The van der Waals surface area contributed by atoms with E-state index < -0.39 is 38.8 Å². The average Bonchev–Trinajstić information content (AvgIpc) is 0.831. The second kappa shape index (κ2) is 57.5. The number of nitrogens with two attached hydrogens (primary N) is 2. The van der Waals surface area contributed by atoms with Crippen LogP contribution in [0.3, 0.4) is 0 Å². The van der Waals surface area contributed by atoms with Crippen molar-refractivity contribution in [3.63, 3.8) is 0 Å². The van der Waals surface area contributed by atoms with E-state index in [1.54, 1.807) is 24.3 Å². The Morgan fingerprint density at radius 1 is 0.259 bits per heavy atom. The monoisotopic (exact) mass is 1900 g/mol. The van der Waals surface area contributed by atoms with Crippen LogP contribution >= 0.6 is 79.5 Å². The van der Waals surface area contributed by atoms with E-state index in [0.717, 1.165) is 42.4 Å². The molecule has 0 unspecified atom stereocenters. The standard InChI is InChI=1S/4C18H15P.C12H10BrN.C6H7BO2.C6H5Br2N.CHO3.CH4.2Na.Pd/c4*1-4-10-16(11-5-1)19(17-12-6-2-7-13-17)18-14-8-3-9-15-18;13-11-8-4-7-10(12(11)14)9-5-2-1-3-6-9;8-7(9)6-4-2-1-3-5-6;7-4-2-1-3-5(8)6(4)9;2-1-4-3;;;;/h4*1-15H;1-8H,14H2;1-5,8-9H;1-3H,9H2;3H;1H4;;;/q;;;;;;;-1;;;;. The summed E-state index contributed by atoms with van der Waals surface area (Å²) in [6.07, 6.45) is 0. The first-order chi connectivity index (χ1) is 55.0. The second-order valence-electron chi connectivity index (χ2n) is 24.0. The van der Waals surface area contributed by atoms with Crippen LogP contribution in [0.25, 0.3) is 11.1 Å². The van der Waals surface area contributed by atoms with Gasteiger partial charge in [0.15, 0.2) is 0 Å². The maximum atomic E-state index is 8.58. The zero-order valence-corrected chi connectivity index (χ0v) is 77.4. The molecule has 0 atom stereocenters. The second-order valence-corrected chi connectivity index (χ2v) is 35.5. The van der Waals surface area contributed by atoms with E-state index in [0.29, 0.717) is 5.46 Å². The van der Waals surface area contributed by atoms with Crippen LogP contribution in [-0.4, -0.2) is 88.0 Å². The SMILES string of the molecule is C.Nc1c(Br)cccc1-c1ccccc1.Nc1c(Br)cccc1Br.O=[C-]OO.OB(O)c1ccccc1.[Na].[Na].[Pd].c1ccc(P(c2ccccc2)c2ccccc2)cc1.c1ccc(P(c2ccccc2)c2ccccc2)cc1.c1ccc(P(c2ccccc2)c2ccccc2)cc1.c1ccc(P(c2ccccc2)c2ccccc2)cc1. The van der Waals surface area contributed by atoms with Gasteiger partial charge in [0.05, 0.1) is 11.4 Å². The van der Waals surface area contributed by atoms with Crippen molar-refractivity contribution < 1.29 is 45.4 Å². The smallest absolute Gasteiger partial charge is 0.488 e. The fraction of sp³-hybridized carbons (Fsp3) is 0.0102. The van der Waals surface area contributed by atoms with Crippen LogP contribution < -0.4 is 80.6 Å². The number of halogens is 3. The van der Waals surface area contributed by atoms with Gasteiger partial charge in [0.25, 0.3) is 0 Å². The van der Waals surface area contributed by atoms with E-state index in [9.17, 15) is 0 Å². The maximum Gasteiger partial charge on any atom is 0.488 e. The fourth-order valence-corrected chi connectivity index (χ4v) is 21.8. The van der Waals surface area contributed by atoms with Gasteiger partial charge in [-0.1, -0.05) is 450 Å². The predicted molar refractivity (Wildman–Crippen MR) is 515 cm³/mol. The molecular formula is C98H87BBr3N2Na2O5P4Pd-. The summed E-state index contributed by atoms with van der Waals surface area (Å²) in [6, 6.07) is 160. The van der Waals surface area contributed by atoms with E-state index in [1.807, 2.05) is 60.7 Å². The van der Waals surface area contributed by atoms with E-state index in [2.05, 4.69) is 429 Å². The summed E-state index contributed by atoms with van der Waals surface area (Å²) in [5.74, 6) is 0. The molecule has 18 heteroatoms. The maximum absolute atomic E-state index is 8.58. The van der Waals surface area contributed by atoms with Crippen molar-refractivity contribution >= 4 is 233 Å². The van der Waals surface area contributed by atoms with Crippen molar-refractivity contribution in [2.75, 3.05) is 11.5 Å². The number of carbonyl (C=O) groups excluding carboxylic acids is 1. The molecule has 0 aliphatic rings. The van der Waals surface area contributed by atoms with Crippen LogP contribution in [0.2, 0.25) is 0 Å². The van der Waals surface area contributed by atoms with E-state index in [1.165, 1.54) is 63.7 Å². The first-order valence-electron chi connectivity index (χ1n) is 35.7. The molecule has 0 saturated heterocycles. The minimum atomic E-state index is -1.34. The van der Waals surface area contributed by atoms with E-state index in [4.69, 9.17) is 31.6 Å². The molecule has 16 aromatic rings. The molecule has 0 aliphatic heterocycles. The number of rotatable bonds is 15. The third-order valence-electron chi connectivity index (χ3n) is 16.4. The Hall–Kier alpha value is -7.64. The Bertz CT molecular complexity index is 4350. The molecule has 576 valence electrons. The fourth-order valence-electron chi connectivity index (χ4n) is 11.3. The predicted octanol–water partition coefficient (Wildman–Crippen LogP) is 19.1. The Labute approximate surface area is 773 Å². The Kier molecular flexibility index (Phi) is 49.0. The topological polar surface area (TPSA) is 139 Å². The van der Waals surface area contributed by atoms with Crippen molar-refractivity contribution in [1.82, 2.24) is 0 Å². The van der Waals surface area contributed by atoms with Gasteiger partial charge >= 0.3 is 7.12 Å². The number of nitrogen functional groups attached to an aromatic ring is 2. The Morgan fingerprint density at radius 2 is 0.414 bits per heavy atom. The van der Waals surface area contributed by atoms with Crippen molar-refractivity contribution in [2.45, 2.75) is 7.43 Å². The number of benzene rings is 16. The van der Waals surface area contributed by atoms with Gasteiger partial charge in [0.1, 0.15) is 0 Å². The van der Waals surface area contributed by atoms with Crippen LogP contribution in [0.1, 0.15) is 7.43 Å². The normalized spacial score (nSPS) is 9.78. The third kappa shape index (κ3) is 32.9. The van der Waals surface area contributed by atoms with Gasteiger partial charge < -0.3 is 31.2 Å². The Morgan fingerprint density at radius 3 is 0.569 bits per heavy atom. The number of anilines is 2. The van der Waals surface area contributed by atoms with Crippen molar-refractivity contribution in [3.05, 3.63) is 474 Å². The molecule has 0 aromatic heterocycles. The largest absolute Gasteiger partial charge is 0.509 e. The van der Waals surface area contributed by atoms with E-state index >= 15 is 0 Å². The zero-order valence-electron chi connectivity index (χ0n) is 63.5. The van der Waals surface area contributed by atoms with Gasteiger partial charge in [-0.25, -0.2) is 5.26 Å². The van der Waals surface area contributed by atoms with Gasteiger partial charge in [0.2, 0.25) is 0 Å². The molecule has 7 nitrogen and oxygen atoms in total. The zero-order chi connectivity index (χ0) is 78.6. The molecule has 0 saturated carbocycles. The molecule has 0 spiro atoms. The third-order valence-corrected chi connectivity index (χ3v) is 28.3. The molecule has 0 heterocycles. The van der Waals surface area contributed by atoms with Crippen molar-refractivity contribution in [1.29, 1.82) is 0 Å². The molecule has 16 aromatic carbocycles. The first-order valence-corrected chi connectivity index (χ1v) is 43.5. The van der Waals surface area contributed by atoms with Gasteiger partial charge in [-0.05, 0) is 179 Å². The Balaban J connectivity index is 0.000000242. The van der Waals surface area contributed by atoms with Crippen molar-refractivity contribution in [3.8, 4) is 11.1 Å². The molecule has 0 fully saturated rings. The minimum Gasteiger partial charge on any atom is -0.509 e. The molecule has 16 rings (SSSR count). The van der Waals surface area contributed by atoms with Crippen LogP contribution in [0.4, 0.5) is 11.4 Å². The van der Waals surface area contributed by atoms with E-state index in [-0.39, 0.29) is 87.0 Å². The summed E-state index contributed by atoms with van der Waals surface area (Å²) in [5.41, 5.74) is 15.8. The van der Waals surface area contributed by atoms with Crippen LogP contribution in [0.15, 0.2) is 474 Å². The molecule has 0 bridgehead atoms. The summed E-state index contributed by atoms with van der Waals surface area (Å²) in [6.45, 7) is 0.736. The van der Waals surface area contributed by atoms with Crippen LogP contribution in [0, 0.1) is 0 Å². The summed E-state index contributed by atoms with van der Waals surface area (Å²) < 4.78 is 2.80. The molecule has 0 amide bonds. The number of hydrogen-bond acceptors (Lipinski definition) is 7. The molecule has 0 aliphatic carbocycles. The first kappa shape index (κ1) is 98.9. The average molecular weight is 1900 g/mol. The van der Waals surface area contributed by atoms with Crippen LogP contribution in [0.5, 0.6) is 0 Å². The molecule has 116 heavy (non-hydrogen) atoms. The minimum absolute atomic E-state index is 0.